The number of primary sulfonamides is 1. The Balaban J connectivity index is 2.01. The van der Waals surface area contributed by atoms with Crippen LogP contribution in [0.25, 0.3) is 28.3 Å². The topological polar surface area (TPSA) is 130 Å². The monoisotopic (exact) mass is 572 g/mol. The fourth-order valence-corrected chi connectivity index (χ4v) is 4.41. The van der Waals surface area contributed by atoms with E-state index < -0.39 is 67.3 Å². The molecule has 0 aliphatic rings. The van der Waals surface area contributed by atoms with Gasteiger partial charge in [0, 0.05) is 0 Å². The van der Waals surface area contributed by atoms with Crippen LogP contribution < -0.4 is 5.14 Å². The lowest BCUT2D eigenvalue weighted by molar-refractivity contribution is -0.142. The van der Waals surface area contributed by atoms with E-state index in [1.165, 1.54) is 38.1 Å². The Morgan fingerprint density at radius 1 is 1.18 bits per heavy atom. The number of alkyl halides is 3. The normalized spacial score (nSPS) is 12.2. The van der Waals surface area contributed by atoms with Gasteiger partial charge in [0.05, 0.1) is 39.0 Å². The average molecular weight is 573 g/mol. The van der Waals surface area contributed by atoms with Crippen LogP contribution in [0.4, 0.5) is 17.6 Å². The predicted molar refractivity (Wildman–Crippen MR) is 126 cm³/mol. The van der Waals surface area contributed by atoms with Crippen molar-refractivity contribution in [2.75, 3.05) is 0 Å². The van der Waals surface area contributed by atoms with E-state index in [1.807, 2.05) is 0 Å². The SMILES string of the molecule is CC(C)OC(=O)c1c(-c2c(F)cccc2Cl)noc1-c1cnn(-c2cccc(S(N)(=O)=O)c2)c1C(F)(F)F. The van der Waals surface area contributed by atoms with E-state index in [9.17, 15) is 30.8 Å². The molecule has 2 heterocycles. The predicted octanol–water partition coefficient (Wildman–Crippen LogP) is 5.22. The van der Waals surface area contributed by atoms with Gasteiger partial charge in [0.2, 0.25) is 10.0 Å². The zero-order valence-corrected chi connectivity index (χ0v) is 21.0. The molecule has 0 aliphatic carbocycles. The smallest absolute Gasteiger partial charge is 0.434 e. The molecule has 0 fully saturated rings. The number of benzene rings is 2. The number of sulfonamides is 1. The maximum absolute atomic E-state index is 14.7. The molecule has 0 unspecified atom stereocenters. The molecule has 2 aromatic carbocycles. The second kappa shape index (κ2) is 9.85. The number of rotatable bonds is 6. The minimum absolute atomic E-state index is 0.185. The van der Waals surface area contributed by atoms with Crippen molar-refractivity contribution < 1.29 is 40.0 Å². The summed E-state index contributed by atoms with van der Waals surface area (Å²) in [4.78, 5) is 12.6. The first-order valence-corrected chi connectivity index (χ1v) is 12.6. The first kappa shape index (κ1) is 27.3. The van der Waals surface area contributed by atoms with Gasteiger partial charge in [-0.1, -0.05) is 28.9 Å². The first-order valence-electron chi connectivity index (χ1n) is 10.6. The largest absolute Gasteiger partial charge is 0.459 e. The third-order valence-corrected chi connectivity index (χ3v) is 6.34. The third-order valence-electron chi connectivity index (χ3n) is 5.11. The van der Waals surface area contributed by atoms with Gasteiger partial charge >= 0.3 is 12.1 Å². The van der Waals surface area contributed by atoms with Gasteiger partial charge in [-0.15, -0.1) is 0 Å². The number of carbonyl (C=O) groups excluding carboxylic acids is 1. The van der Waals surface area contributed by atoms with Gasteiger partial charge in [-0.2, -0.15) is 18.3 Å². The van der Waals surface area contributed by atoms with E-state index in [0.717, 1.165) is 24.4 Å². The number of aromatic nitrogens is 3. The Hall–Kier alpha value is -3.75. The summed E-state index contributed by atoms with van der Waals surface area (Å²) >= 11 is 6.11. The van der Waals surface area contributed by atoms with Crippen molar-refractivity contribution in [1.29, 1.82) is 0 Å². The van der Waals surface area contributed by atoms with Gasteiger partial charge in [0.15, 0.2) is 11.5 Å². The molecule has 0 spiro atoms. The van der Waals surface area contributed by atoms with E-state index in [4.69, 9.17) is 26.0 Å². The summed E-state index contributed by atoms with van der Waals surface area (Å²) in [6.45, 7) is 3.00. The third kappa shape index (κ3) is 5.14. The number of halogens is 5. The van der Waals surface area contributed by atoms with Crippen LogP contribution in [0.5, 0.6) is 0 Å². The van der Waals surface area contributed by atoms with Crippen LogP contribution in [-0.2, 0) is 20.9 Å². The molecule has 0 saturated heterocycles. The fourth-order valence-electron chi connectivity index (χ4n) is 3.61. The zero-order chi connectivity index (χ0) is 28.0. The second-order valence-electron chi connectivity index (χ2n) is 8.14. The van der Waals surface area contributed by atoms with Gasteiger partial charge < -0.3 is 9.26 Å². The van der Waals surface area contributed by atoms with Crippen molar-refractivity contribution in [2.24, 2.45) is 5.14 Å². The van der Waals surface area contributed by atoms with Crippen LogP contribution in [0.15, 0.2) is 58.1 Å². The molecular formula is C23H17ClF4N4O5S. The van der Waals surface area contributed by atoms with Crippen LogP contribution in [0, 0.1) is 5.82 Å². The highest BCUT2D eigenvalue weighted by Gasteiger charge is 2.42. The van der Waals surface area contributed by atoms with E-state index in [2.05, 4.69) is 10.3 Å². The summed E-state index contributed by atoms with van der Waals surface area (Å²) in [7, 11) is -4.25. The maximum atomic E-state index is 14.7. The number of ether oxygens (including phenoxy) is 1. The van der Waals surface area contributed by atoms with Crippen LogP contribution in [0.3, 0.4) is 0 Å². The maximum Gasteiger partial charge on any atom is 0.434 e. The van der Waals surface area contributed by atoms with E-state index in [1.54, 1.807) is 0 Å². The van der Waals surface area contributed by atoms with Gasteiger partial charge in [0.1, 0.15) is 17.1 Å². The minimum atomic E-state index is -5.11. The Labute approximate surface area is 217 Å². The quantitative estimate of drug-likeness (QED) is 0.248. The molecule has 0 amide bonds. The molecule has 15 heteroatoms. The molecule has 0 saturated carbocycles. The van der Waals surface area contributed by atoms with E-state index in [-0.39, 0.29) is 16.3 Å². The number of carbonyl (C=O) groups is 1. The molecule has 0 aliphatic heterocycles. The van der Waals surface area contributed by atoms with E-state index >= 15 is 0 Å². The highest BCUT2D eigenvalue weighted by atomic mass is 35.5. The van der Waals surface area contributed by atoms with Gasteiger partial charge in [-0.25, -0.2) is 27.4 Å². The number of esters is 1. The Morgan fingerprint density at radius 2 is 1.87 bits per heavy atom. The van der Waals surface area contributed by atoms with Crippen molar-refractivity contribution in [3.8, 4) is 28.3 Å². The molecule has 0 radical (unpaired) electrons. The van der Waals surface area contributed by atoms with Gasteiger partial charge in [0.25, 0.3) is 0 Å². The molecule has 4 aromatic rings. The summed E-state index contributed by atoms with van der Waals surface area (Å²) in [5, 5.41) is 12.3. The lowest BCUT2D eigenvalue weighted by Gasteiger charge is -2.13. The highest BCUT2D eigenvalue weighted by molar-refractivity contribution is 7.89. The standard InChI is InChI=1S/C23H17ClF4N4O5S/c1-11(2)36-22(33)18-19(17-15(24)7-4-8-16(17)25)31-37-20(18)14-10-30-32(21(14)23(26,27)28)12-5-3-6-13(9-12)38(29,34)35/h3-11H,1-2H3,(H2,29,34,35). The molecule has 38 heavy (non-hydrogen) atoms. The number of nitrogens with two attached hydrogens (primary N) is 1. The molecule has 9 nitrogen and oxygen atoms in total. The molecule has 0 atom stereocenters. The Bertz CT molecular complexity index is 1630. The van der Waals surface area contributed by atoms with Crippen molar-refractivity contribution in [2.45, 2.75) is 31.0 Å². The molecule has 0 bridgehead atoms. The first-order chi connectivity index (χ1) is 17.7. The fraction of sp³-hybridized carbons (Fsp3) is 0.174. The van der Waals surface area contributed by atoms with Gasteiger partial charge in [-0.05, 0) is 44.2 Å². The summed E-state index contributed by atoms with van der Waals surface area (Å²) < 4.78 is 92.1. The van der Waals surface area contributed by atoms with Crippen molar-refractivity contribution in [1.82, 2.24) is 14.9 Å². The molecule has 4 rings (SSSR count). The number of hydrogen-bond acceptors (Lipinski definition) is 7. The molecule has 200 valence electrons. The van der Waals surface area contributed by atoms with Crippen molar-refractivity contribution in [3.63, 3.8) is 0 Å². The second-order valence-corrected chi connectivity index (χ2v) is 10.1. The van der Waals surface area contributed by atoms with Crippen LogP contribution >= 0.6 is 11.6 Å². The summed E-state index contributed by atoms with van der Waals surface area (Å²) in [5.74, 6) is -2.78. The Morgan fingerprint density at radius 3 is 2.47 bits per heavy atom. The summed E-state index contributed by atoms with van der Waals surface area (Å²) in [6, 6.07) is 7.93. The van der Waals surface area contributed by atoms with E-state index in [0.29, 0.717) is 4.68 Å². The lowest BCUT2D eigenvalue weighted by atomic mass is 10.0. The van der Waals surface area contributed by atoms with Crippen molar-refractivity contribution >= 4 is 27.6 Å². The minimum Gasteiger partial charge on any atom is -0.459 e. The number of nitrogens with zero attached hydrogens (tertiary/aromatic N) is 3. The summed E-state index contributed by atoms with van der Waals surface area (Å²) in [5.41, 5.74) is -3.98. The van der Waals surface area contributed by atoms with Crippen LogP contribution in [0.1, 0.15) is 29.9 Å². The Kier molecular flexibility index (Phi) is 7.07. The van der Waals surface area contributed by atoms with Crippen LogP contribution in [-0.4, -0.2) is 35.4 Å². The van der Waals surface area contributed by atoms with Crippen LogP contribution in [0.2, 0.25) is 5.02 Å². The molecule has 2 aromatic heterocycles. The number of hydrogen-bond donors (Lipinski definition) is 1. The van der Waals surface area contributed by atoms with Gasteiger partial charge in [-0.3, -0.25) is 0 Å². The van der Waals surface area contributed by atoms with Crippen molar-refractivity contribution in [3.05, 3.63) is 70.8 Å². The molecule has 2 N–H and O–H groups in total. The average Bonchev–Trinajstić information content (AvgIpc) is 3.43. The zero-order valence-electron chi connectivity index (χ0n) is 19.5. The highest BCUT2D eigenvalue weighted by Crippen LogP contribution is 2.43. The summed E-state index contributed by atoms with van der Waals surface area (Å²) in [6.07, 6.45) is -5.07. The molecular weight excluding hydrogens is 556 g/mol. The lowest BCUT2D eigenvalue weighted by Crippen LogP contribution is -2.17.